The summed E-state index contributed by atoms with van der Waals surface area (Å²) in [7, 11) is 1.56. The predicted octanol–water partition coefficient (Wildman–Crippen LogP) is 2.02. The van der Waals surface area contributed by atoms with Crippen molar-refractivity contribution in [3.05, 3.63) is 54.0 Å². The molecular weight excluding hydrogens is 360 g/mol. The molecule has 1 amide bonds. The number of nitrogens with one attached hydrogen (secondary N) is 1. The van der Waals surface area contributed by atoms with Gasteiger partial charge < -0.3 is 20.2 Å². The monoisotopic (exact) mass is 378 g/mol. The summed E-state index contributed by atoms with van der Waals surface area (Å²) in [5.41, 5.74) is 8.59. The lowest BCUT2D eigenvalue weighted by Crippen LogP contribution is -2.27. The number of anilines is 1. The summed E-state index contributed by atoms with van der Waals surface area (Å²) in [5.74, 6) is 0.320. The van der Waals surface area contributed by atoms with Crippen molar-refractivity contribution in [3.63, 3.8) is 0 Å². The van der Waals surface area contributed by atoms with Crippen LogP contribution in [0.25, 0.3) is 22.2 Å². The number of nitrogens with two attached hydrogens (primary N) is 1. The topological polar surface area (TPSA) is 121 Å². The molecule has 3 heterocycles. The van der Waals surface area contributed by atoms with Crippen molar-refractivity contribution in [3.8, 4) is 0 Å². The van der Waals surface area contributed by atoms with Crippen molar-refractivity contribution in [2.24, 2.45) is 5.10 Å². The van der Waals surface area contributed by atoms with Gasteiger partial charge >= 0.3 is 0 Å². The standard InChI is InChI=1S/C19H18N6O3/c1-27-10-8-21-19(26)15-16-18(24-14-7-3-2-6-13(14)23-16)25(17(15)20)22-11-12-5-4-9-28-12/h2-7,9,11H,8,10,20H2,1H3,(H,21,26). The zero-order valence-corrected chi connectivity index (χ0v) is 15.1. The van der Waals surface area contributed by atoms with Gasteiger partial charge in [-0.2, -0.15) is 9.78 Å². The van der Waals surface area contributed by atoms with Gasteiger partial charge in [-0.05, 0) is 24.3 Å². The number of hydrogen-bond donors (Lipinski definition) is 2. The molecule has 0 spiro atoms. The zero-order valence-electron chi connectivity index (χ0n) is 15.1. The average Bonchev–Trinajstić information content (AvgIpc) is 3.30. The number of fused-ring (bicyclic) bond motifs is 2. The third-order valence-corrected chi connectivity index (χ3v) is 4.14. The van der Waals surface area contributed by atoms with E-state index in [1.165, 1.54) is 10.9 Å². The molecule has 0 saturated heterocycles. The van der Waals surface area contributed by atoms with Crippen molar-refractivity contribution in [2.75, 3.05) is 26.0 Å². The van der Waals surface area contributed by atoms with Gasteiger partial charge in [-0.15, -0.1) is 0 Å². The number of nitrogens with zero attached hydrogens (tertiary/aromatic N) is 4. The summed E-state index contributed by atoms with van der Waals surface area (Å²) in [4.78, 5) is 21.9. The van der Waals surface area contributed by atoms with E-state index in [1.807, 2.05) is 24.3 Å². The van der Waals surface area contributed by atoms with Gasteiger partial charge in [-0.1, -0.05) is 12.1 Å². The van der Waals surface area contributed by atoms with Crippen LogP contribution in [0.4, 0.5) is 5.82 Å². The van der Waals surface area contributed by atoms with Crippen LogP contribution in [0.5, 0.6) is 0 Å². The van der Waals surface area contributed by atoms with Gasteiger partial charge in [0.2, 0.25) is 0 Å². The van der Waals surface area contributed by atoms with Gasteiger partial charge in [0.25, 0.3) is 5.91 Å². The highest BCUT2D eigenvalue weighted by Crippen LogP contribution is 2.27. The van der Waals surface area contributed by atoms with Gasteiger partial charge in [0.15, 0.2) is 5.65 Å². The highest BCUT2D eigenvalue weighted by atomic mass is 16.5. The number of para-hydroxylation sites is 2. The van der Waals surface area contributed by atoms with Crippen molar-refractivity contribution in [2.45, 2.75) is 0 Å². The summed E-state index contributed by atoms with van der Waals surface area (Å²) in [6.45, 7) is 0.730. The number of ether oxygens (including phenoxy) is 1. The quantitative estimate of drug-likeness (QED) is 0.391. The number of carbonyl (C=O) groups excluding carboxylic acids is 1. The maximum atomic E-state index is 12.7. The number of hydrogen-bond acceptors (Lipinski definition) is 7. The number of aromatic nitrogens is 3. The Balaban J connectivity index is 1.88. The number of amides is 1. The van der Waals surface area contributed by atoms with Gasteiger partial charge in [0.05, 0.1) is 30.1 Å². The Hall–Kier alpha value is -3.72. The molecule has 4 aromatic rings. The third-order valence-electron chi connectivity index (χ3n) is 4.14. The second-order valence-electron chi connectivity index (χ2n) is 5.97. The van der Waals surface area contributed by atoms with Crippen LogP contribution in [0.3, 0.4) is 0 Å². The first-order chi connectivity index (χ1) is 13.7. The highest BCUT2D eigenvalue weighted by molar-refractivity contribution is 6.10. The largest absolute Gasteiger partial charge is 0.463 e. The third kappa shape index (κ3) is 3.19. The molecule has 0 aliphatic heterocycles. The Bertz CT molecular complexity index is 1160. The Morgan fingerprint density at radius 2 is 2.07 bits per heavy atom. The molecule has 0 unspecified atom stereocenters. The molecule has 1 aromatic carbocycles. The summed E-state index contributed by atoms with van der Waals surface area (Å²) in [5, 5.41) is 7.12. The first-order valence-corrected chi connectivity index (χ1v) is 8.60. The summed E-state index contributed by atoms with van der Waals surface area (Å²) in [6.07, 6.45) is 3.04. The molecule has 0 bridgehead atoms. The van der Waals surface area contributed by atoms with Gasteiger partial charge in [-0.25, -0.2) is 9.97 Å². The summed E-state index contributed by atoms with van der Waals surface area (Å²) < 4.78 is 11.6. The van der Waals surface area contributed by atoms with Crippen LogP contribution in [0.1, 0.15) is 16.1 Å². The summed E-state index contributed by atoms with van der Waals surface area (Å²) in [6, 6.07) is 10.9. The van der Waals surface area contributed by atoms with E-state index in [-0.39, 0.29) is 17.3 Å². The van der Waals surface area contributed by atoms with Crippen LogP contribution in [0, 0.1) is 0 Å². The fourth-order valence-corrected chi connectivity index (χ4v) is 2.82. The minimum Gasteiger partial charge on any atom is -0.463 e. The molecule has 3 N–H and O–H groups in total. The van der Waals surface area contributed by atoms with Crippen LogP contribution >= 0.6 is 0 Å². The average molecular weight is 378 g/mol. The lowest BCUT2D eigenvalue weighted by Gasteiger charge is -2.04. The van der Waals surface area contributed by atoms with E-state index in [2.05, 4.69) is 20.4 Å². The van der Waals surface area contributed by atoms with E-state index in [0.717, 1.165) is 0 Å². The zero-order chi connectivity index (χ0) is 19.5. The Morgan fingerprint density at radius 1 is 1.29 bits per heavy atom. The smallest absolute Gasteiger partial charge is 0.257 e. The van der Waals surface area contributed by atoms with Crippen LogP contribution in [0.2, 0.25) is 0 Å². The number of nitrogen functional groups attached to an aromatic ring is 1. The van der Waals surface area contributed by atoms with Crippen LogP contribution in [-0.2, 0) is 4.74 Å². The van der Waals surface area contributed by atoms with E-state index >= 15 is 0 Å². The predicted molar refractivity (Wildman–Crippen MR) is 105 cm³/mol. The number of benzene rings is 1. The maximum Gasteiger partial charge on any atom is 0.257 e. The second kappa shape index (κ2) is 7.49. The number of furan rings is 1. The Labute approximate surface area is 159 Å². The minimum atomic E-state index is -0.365. The van der Waals surface area contributed by atoms with Gasteiger partial charge in [-0.3, -0.25) is 4.79 Å². The van der Waals surface area contributed by atoms with Crippen LogP contribution in [0.15, 0.2) is 52.2 Å². The molecule has 9 nitrogen and oxygen atoms in total. The van der Waals surface area contributed by atoms with E-state index in [1.54, 1.807) is 25.5 Å². The number of rotatable bonds is 6. The van der Waals surface area contributed by atoms with Crippen LogP contribution in [-0.4, -0.2) is 47.0 Å². The molecule has 142 valence electrons. The maximum absolute atomic E-state index is 12.7. The van der Waals surface area contributed by atoms with Crippen molar-refractivity contribution in [1.82, 2.24) is 20.0 Å². The lowest BCUT2D eigenvalue weighted by molar-refractivity contribution is 0.0939. The normalized spacial score (nSPS) is 11.6. The molecule has 3 aromatic heterocycles. The molecule has 0 aliphatic carbocycles. The Morgan fingerprint density at radius 3 is 2.79 bits per heavy atom. The first-order valence-electron chi connectivity index (χ1n) is 8.60. The van der Waals surface area contributed by atoms with Crippen LogP contribution < -0.4 is 11.1 Å². The molecule has 28 heavy (non-hydrogen) atoms. The first kappa shape index (κ1) is 17.7. The van der Waals surface area contributed by atoms with Gasteiger partial charge in [0, 0.05) is 13.7 Å². The molecule has 0 radical (unpaired) electrons. The fraction of sp³-hybridized carbons (Fsp3) is 0.158. The van der Waals surface area contributed by atoms with E-state index in [4.69, 9.17) is 14.9 Å². The van der Waals surface area contributed by atoms with Gasteiger partial charge in [0.1, 0.15) is 22.7 Å². The molecule has 0 fully saturated rings. The SMILES string of the molecule is COCCNC(=O)c1c(N)n(N=Cc2ccco2)c2nc3ccccc3nc12. The molecule has 0 aliphatic rings. The van der Waals surface area contributed by atoms with Crippen molar-refractivity contribution < 1.29 is 13.9 Å². The molecule has 0 atom stereocenters. The fourth-order valence-electron chi connectivity index (χ4n) is 2.82. The molecule has 4 rings (SSSR count). The summed E-state index contributed by atoms with van der Waals surface area (Å²) >= 11 is 0. The lowest BCUT2D eigenvalue weighted by atomic mass is 10.2. The molecular formula is C19H18N6O3. The number of methoxy groups -OCH3 is 1. The minimum absolute atomic E-state index is 0.142. The second-order valence-corrected chi connectivity index (χ2v) is 5.97. The number of carbonyl (C=O) groups is 1. The van der Waals surface area contributed by atoms with Crippen molar-refractivity contribution in [1.29, 1.82) is 0 Å². The molecule has 9 heteroatoms. The Kier molecular flexibility index (Phi) is 4.73. The van der Waals surface area contributed by atoms with E-state index in [9.17, 15) is 4.79 Å². The van der Waals surface area contributed by atoms with E-state index in [0.29, 0.717) is 41.1 Å². The van der Waals surface area contributed by atoms with Crippen molar-refractivity contribution >= 4 is 40.1 Å². The molecule has 0 saturated carbocycles. The highest BCUT2D eigenvalue weighted by Gasteiger charge is 2.23. The van der Waals surface area contributed by atoms with E-state index < -0.39 is 0 Å².